The average molecular weight is 310 g/mol. The van der Waals surface area contributed by atoms with Gasteiger partial charge in [-0.3, -0.25) is 0 Å². The minimum Gasteiger partial charge on any atom is -0.398 e. The standard InChI is InChI=1S/C16H26N2O2S/c1-10-5-6-15(13(4)7-10)18-21(19,20)16-9-12(3)11(2)8-14(16)17/h8-10,13,15,18H,5-7,17H2,1-4H3. The van der Waals surface area contributed by atoms with E-state index in [-0.39, 0.29) is 10.9 Å². The van der Waals surface area contributed by atoms with Crippen LogP contribution in [0.1, 0.15) is 44.2 Å². The van der Waals surface area contributed by atoms with E-state index in [0.717, 1.165) is 30.4 Å². The third-order valence-electron chi connectivity index (χ3n) is 4.65. The quantitative estimate of drug-likeness (QED) is 0.843. The first-order chi connectivity index (χ1) is 9.70. The predicted octanol–water partition coefficient (Wildman–Crippen LogP) is 2.99. The van der Waals surface area contributed by atoms with Gasteiger partial charge in [-0.1, -0.05) is 13.8 Å². The second kappa shape index (κ2) is 5.97. The number of nitrogen functional groups attached to an aromatic ring is 1. The van der Waals surface area contributed by atoms with Crippen molar-refractivity contribution in [3.05, 3.63) is 23.3 Å². The van der Waals surface area contributed by atoms with Crippen LogP contribution in [-0.2, 0) is 10.0 Å². The summed E-state index contributed by atoms with van der Waals surface area (Å²) >= 11 is 0. The molecular weight excluding hydrogens is 284 g/mol. The molecule has 0 aliphatic heterocycles. The largest absolute Gasteiger partial charge is 0.398 e. The van der Waals surface area contributed by atoms with Crippen LogP contribution in [0.2, 0.25) is 0 Å². The predicted molar refractivity (Wildman–Crippen MR) is 86.6 cm³/mol. The zero-order valence-corrected chi connectivity index (χ0v) is 14.1. The normalized spacial score (nSPS) is 26.8. The van der Waals surface area contributed by atoms with E-state index in [1.54, 1.807) is 12.1 Å². The van der Waals surface area contributed by atoms with Gasteiger partial charge in [0.2, 0.25) is 10.0 Å². The molecule has 5 heteroatoms. The molecule has 1 saturated carbocycles. The summed E-state index contributed by atoms with van der Waals surface area (Å²) in [5, 5.41) is 0. The lowest BCUT2D eigenvalue weighted by molar-refractivity contribution is 0.249. The molecule has 21 heavy (non-hydrogen) atoms. The highest BCUT2D eigenvalue weighted by molar-refractivity contribution is 7.89. The molecule has 1 fully saturated rings. The zero-order valence-electron chi connectivity index (χ0n) is 13.3. The van der Waals surface area contributed by atoms with Crippen LogP contribution in [-0.4, -0.2) is 14.5 Å². The van der Waals surface area contributed by atoms with Gasteiger partial charge >= 0.3 is 0 Å². The monoisotopic (exact) mass is 310 g/mol. The highest BCUT2D eigenvalue weighted by Gasteiger charge is 2.30. The van der Waals surface area contributed by atoms with Crippen molar-refractivity contribution in [2.24, 2.45) is 11.8 Å². The molecule has 3 atom stereocenters. The van der Waals surface area contributed by atoms with Gasteiger partial charge in [-0.15, -0.1) is 0 Å². The smallest absolute Gasteiger partial charge is 0.242 e. The molecule has 4 nitrogen and oxygen atoms in total. The molecule has 3 unspecified atom stereocenters. The van der Waals surface area contributed by atoms with Gasteiger partial charge in [0.1, 0.15) is 4.90 Å². The first-order valence-corrected chi connectivity index (χ1v) is 9.08. The van der Waals surface area contributed by atoms with Gasteiger partial charge in [-0.25, -0.2) is 13.1 Å². The number of nitrogens with two attached hydrogens (primary N) is 1. The maximum absolute atomic E-state index is 12.6. The molecule has 1 aromatic carbocycles. The number of hydrogen-bond acceptors (Lipinski definition) is 3. The van der Waals surface area contributed by atoms with Crippen LogP contribution >= 0.6 is 0 Å². The number of aryl methyl sites for hydroxylation is 2. The van der Waals surface area contributed by atoms with Crippen molar-refractivity contribution in [3.8, 4) is 0 Å². The summed E-state index contributed by atoms with van der Waals surface area (Å²) in [6.07, 6.45) is 3.03. The summed E-state index contributed by atoms with van der Waals surface area (Å²) in [5.41, 5.74) is 8.19. The molecule has 1 aliphatic carbocycles. The third kappa shape index (κ3) is 3.58. The molecule has 2 rings (SSSR count). The van der Waals surface area contributed by atoms with E-state index in [1.165, 1.54) is 0 Å². The first kappa shape index (κ1) is 16.3. The molecule has 0 heterocycles. The number of anilines is 1. The van der Waals surface area contributed by atoms with E-state index >= 15 is 0 Å². The lowest BCUT2D eigenvalue weighted by Gasteiger charge is -2.33. The van der Waals surface area contributed by atoms with E-state index in [1.807, 2.05) is 13.8 Å². The third-order valence-corrected chi connectivity index (χ3v) is 6.20. The Balaban J connectivity index is 2.25. The van der Waals surface area contributed by atoms with Gasteiger partial charge in [0.05, 0.1) is 5.69 Å². The maximum atomic E-state index is 12.6. The minimum atomic E-state index is -3.56. The van der Waals surface area contributed by atoms with Crippen LogP contribution in [0.5, 0.6) is 0 Å². The Labute approximate surface area is 128 Å². The SMILES string of the molecule is Cc1cc(N)c(S(=O)(=O)NC2CCC(C)CC2C)cc1C. The van der Waals surface area contributed by atoms with Crippen LogP contribution in [0.4, 0.5) is 5.69 Å². The Kier molecular flexibility index (Phi) is 4.63. The van der Waals surface area contributed by atoms with Crippen LogP contribution < -0.4 is 10.5 Å². The highest BCUT2D eigenvalue weighted by Crippen LogP contribution is 2.30. The summed E-state index contributed by atoms with van der Waals surface area (Å²) < 4.78 is 28.1. The molecule has 0 radical (unpaired) electrons. The topological polar surface area (TPSA) is 72.2 Å². The van der Waals surface area contributed by atoms with Crippen molar-refractivity contribution in [3.63, 3.8) is 0 Å². The molecule has 0 amide bonds. The Bertz CT molecular complexity index is 625. The molecule has 1 aromatic rings. The van der Waals surface area contributed by atoms with Gasteiger partial charge in [-0.05, 0) is 68.2 Å². The second-order valence-electron chi connectivity index (χ2n) is 6.60. The van der Waals surface area contributed by atoms with Crippen molar-refractivity contribution in [1.29, 1.82) is 0 Å². The molecule has 0 spiro atoms. The van der Waals surface area contributed by atoms with E-state index in [2.05, 4.69) is 18.6 Å². The molecule has 0 bridgehead atoms. The van der Waals surface area contributed by atoms with Crippen molar-refractivity contribution in [2.45, 2.75) is 57.9 Å². The lowest BCUT2D eigenvalue weighted by atomic mass is 9.80. The highest BCUT2D eigenvalue weighted by atomic mass is 32.2. The van der Waals surface area contributed by atoms with Crippen molar-refractivity contribution < 1.29 is 8.42 Å². The second-order valence-corrected chi connectivity index (χ2v) is 8.28. The van der Waals surface area contributed by atoms with Gasteiger partial charge in [0, 0.05) is 6.04 Å². The van der Waals surface area contributed by atoms with E-state index in [0.29, 0.717) is 17.5 Å². The molecule has 0 aromatic heterocycles. The summed E-state index contributed by atoms with van der Waals surface area (Å²) in [7, 11) is -3.56. The fourth-order valence-corrected chi connectivity index (χ4v) is 4.72. The fraction of sp³-hybridized carbons (Fsp3) is 0.625. The van der Waals surface area contributed by atoms with Crippen molar-refractivity contribution in [2.75, 3.05) is 5.73 Å². The van der Waals surface area contributed by atoms with E-state index in [9.17, 15) is 8.42 Å². The Morgan fingerprint density at radius 3 is 2.38 bits per heavy atom. The molecule has 118 valence electrons. The number of nitrogens with one attached hydrogen (secondary N) is 1. The minimum absolute atomic E-state index is 0.00668. The van der Waals surface area contributed by atoms with Gasteiger partial charge in [-0.2, -0.15) is 0 Å². The Morgan fingerprint density at radius 2 is 1.76 bits per heavy atom. The molecular formula is C16H26N2O2S. The van der Waals surface area contributed by atoms with Crippen molar-refractivity contribution in [1.82, 2.24) is 4.72 Å². The Morgan fingerprint density at radius 1 is 1.14 bits per heavy atom. The maximum Gasteiger partial charge on any atom is 0.242 e. The molecule has 3 N–H and O–H groups in total. The first-order valence-electron chi connectivity index (χ1n) is 7.59. The van der Waals surface area contributed by atoms with Gasteiger partial charge in [0.25, 0.3) is 0 Å². The molecule has 0 saturated heterocycles. The summed E-state index contributed by atoms with van der Waals surface area (Å²) in [4.78, 5) is 0.205. The van der Waals surface area contributed by atoms with Crippen molar-refractivity contribution >= 4 is 15.7 Å². The zero-order chi connectivity index (χ0) is 15.8. The average Bonchev–Trinajstić information content (AvgIpc) is 2.37. The van der Waals surface area contributed by atoms with E-state index in [4.69, 9.17) is 5.73 Å². The van der Waals surface area contributed by atoms with Gasteiger partial charge in [0.15, 0.2) is 0 Å². The number of hydrogen-bond donors (Lipinski definition) is 2. The summed E-state index contributed by atoms with van der Waals surface area (Å²) in [5.74, 6) is 1.03. The van der Waals surface area contributed by atoms with Crippen LogP contribution in [0.25, 0.3) is 0 Å². The Hall–Kier alpha value is -1.07. The van der Waals surface area contributed by atoms with Gasteiger partial charge < -0.3 is 5.73 Å². The summed E-state index contributed by atoms with van der Waals surface area (Å²) in [6.45, 7) is 8.17. The number of sulfonamides is 1. The summed E-state index contributed by atoms with van der Waals surface area (Å²) in [6, 6.07) is 3.41. The number of benzene rings is 1. The fourth-order valence-electron chi connectivity index (χ4n) is 3.15. The van der Waals surface area contributed by atoms with Crippen LogP contribution in [0, 0.1) is 25.7 Å². The van der Waals surface area contributed by atoms with Crippen LogP contribution in [0.15, 0.2) is 17.0 Å². The molecule has 1 aliphatic rings. The lowest BCUT2D eigenvalue weighted by Crippen LogP contribution is -2.42. The number of rotatable bonds is 3. The van der Waals surface area contributed by atoms with E-state index < -0.39 is 10.0 Å². The van der Waals surface area contributed by atoms with Crippen LogP contribution in [0.3, 0.4) is 0 Å².